The van der Waals surface area contributed by atoms with Gasteiger partial charge in [0, 0.05) is 19.5 Å². The van der Waals surface area contributed by atoms with E-state index in [0.29, 0.717) is 36.8 Å². The standard InChI is InChI=1S/C30H43FN2O.CH4.H2S/c1-20(2)24-12-10-13-25(21(3)4)28(24)18-32-16-17-33(30(32,31)34-9)19-29-26(22(5)6)14-11-15-27(29)23(7)8;;/h10-17,20-23H,18-19H2,1-9H3;1H4;1H2. The van der Waals surface area contributed by atoms with Crippen molar-refractivity contribution in [1.82, 2.24) is 9.80 Å². The van der Waals surface area contributed by atoms with Crippen LogP contribution in [0.1, 0.15) is 120 Å². The van der Waals surface area contributed by atoms with E-state index in [0.717, 1.165) is 0 Å². The Morgan fingerprint density at radius 1 is 0.667 bits per heavy atom. The molecule has 1 aliphatic heterocycles. The number of ether oxygens (including phenoxy) is 1. The van der Waals surface area contributed by atoms with Crippen LogP contribution in [0.3, 0.4) is 0 Å². The van der Waals surface area contributed by atoms with Crippen molar-refractivity contribution < 1.29 is 9.13 Å². The first-order valence-electron chi connectivity index (χ1n) is 12.7. The van der Waals surface area contributed by atoms with Gasteiger partial charge in [-0.25, -0.2) is 0 Å². The third-order valence-electron chi connectivity index (χ3n) is 7.04. The van der Waals surface area contributed by atoms with Gasteiger partial charge >= 0.3 is 6.10 Å². The Labute approximate surface area is 227 Å². The first-order valence-corrected chi connectivity index (χ1v) is 12.7. The average molecular weight is 517 g/mol. The Bertz CT molecular complexity index is 888. The highest BCUT2D eigenvalue weighted by atomic mass is 32.1. The molecule has 0 saturated carbocycles. The van der Waals surface area contributed by atoms with Gasteiger partial charge in [0.05, 0.1) is 13.1 Å². The zero-order valence-electron chi connectivity index (χ0n) is 23.0. The normalized spacial score (nSPS) is 14.7. The molecule has 0 N–H and O–H groups in total. The van der Waals surface area contributed by atoms with E-state index in [9.17, 15) is 0 Å². The molecular formula is C31H49FN2OS. The van der Waals surface area contributed by atoms with Gasteiger partial charge in [0.1, 0.15) is 0 Å². The Balaban J connectivity index is 0.00000324. The molecule has 36 heavy (non-hydrogen) atoms. The molecule has 202 valence electrons. The fourth-order valence-corrected chi connectivity index (χ4v) is 5.16. The lowest BCUT2D eigenvalue weighted by atomic mass is 9.88. The summed E-state index contributed by atoms with van der Waals surface area (Å²) in [5.74, 6) is 1.44. The molecule has 1 aliphatic rings. The van der Waals surface area contributed by atoms with E-state index in [1.807, 2.05) is 12.4 Å². The predicted octanol–water partition coefficient (Wildman–Crippen LogP) is 8.95. The summed E-state index contributed by atoms with van der Waals surface area (Å²) < 4.78 is 22.2. The number of benzene rings is 2. The molecule has 0 radical (unpaired) electrons. The lowest BCUT2D eigenvalue weighted by Crippen LogP contribution is -2.50. The Morgan fingerprint density at radius 2 is 0.944 bits per heavy atom. The summed E-state index contributed by atoms with van der Waals surface area (Å²) in [5, 5.41) is 0. The van der Waals surface area contributed by atoms with Crippen molar-refractivity contribution in [2.75, 3.05) is 7.11 Å². The van der Waals surface area contributed by atoms with Crippen molar-refractivity contribution in [3.63, 3.8) is 0 Å². The van der Waals surface area contributed by atoms with Crippen LogP contribution in [0.4, 0.5) is 4.39 Å². The van der Waals surface area contributed by atoms with E-state index in [2.05, 4.69) is 91.8 Å². The van der Waals surface area contributed by atoms with Crippen LogP contribution in [-0.4, -0.2) is 23.0 Å². The van der Waals surface area contributed by atoms with Gasteiger partial charge in [-0.1, -0.05) is 99.2 Å². The smallest absolute Gasteiger partial charge is 0.315 e. The van der Waals surface area contributed by atoms with Crippen molar-refractivity contribution in [2.24, 2.45) is 0 Å². The van der Waals surface area contributed by atoms with Gasteiger partial charge < -0.3 is 4.74 Å². The Hall–Kier alpha value is -1.98. The molecule has 0 amide bonds. The molecule has 2 aromatic rings. The van der Waals surface area contributed by atoms with E-state index in [4.69, 9.17) is 4.74 Å². The summed E-state index contributed by atoms with van der Waals surface area (Å²) in [6.07, 6.45) is 1.65. The highest BCUT2D eigenvalue weighted by Crippen LogP contribution is 2.38. The van der Waals surface area contributed by atoms with Gasteiger partial charge in [-0.05, 0) is 57.1 Å². The van der Waals surface area contributed by atoms with Crippen molar-refractivity contribution in [3.05, 3.63) is 82.2 Å². The van der Waals surface area contributed by atoms with E-state index in [1.165, 1.54) is 40.5 Å². The summed E-state index contributed by atoms with van der Waals surface area (Å²) >= 11 is 0. The quantitative estimate of drug-likeness (QED) is 0.309. The fraction of sp³-hybridized carbons (Fsp3) is 0.548. The van der Waals surface area contributed by atoms with E-state index >= 15 is 4.39 Å². The molecule has 0 aromatic heterocycles. The van der Waals surface area contributed by atoms with Gasteiger partial charge in [0.15, 0.2) is 0 Å². The monoisotopic (exact) mass is 516 g/mol. The molecule has 3 nitrogen and oxygen atoms in total. The molecule has 2 aromatic carbocycles. The highest BCUT2D eigenvalue weighted by Gasteiger charge is 2.45. The second kappa shape index (κ2) is 13.0. The van der Waals surface area contributed by atoms with Gasteiger partial charge in [-0.2, -0.15) is 17.9 Å². The van der Waals surface area contributed by atoms with E-state index in [1.54, 1.807) is 9.80 Å². The number of alkyl halides is 1. The molecule has 0 bridgehead atoms. The van der Waals surface area contributed by atoms with Gasteiger partial charge in [0.2, 0.25) is 0 Å². The number of halogens is 1. The molecule has 0 saturated heterocycles. The van der Waals surface area contributed by atoms with Crippen LogP contribution < -0.4 is 0 Å². The first kappa shape index (κ1) is 32.0. The topological polar surface area (TPSA) is 15.7 Å². The van der Waals surface area contributed by atoms with Crippen LogP contribution in [-0.2, 0) is 17.8 Å². The molecule has 0 spiro atoms. The lowest BCUT2D eigenvalue weighted by molar-refractivity contribution is -0.283. The lowest BCUT2D eigenvalue weighted by Gasteiger charge is -2.38. The highest BCUT2D eigenvalue weighted by molar-refractivity contribution is 7.59. The maximum atomic E-state index is 16.6. The van der Waals surface area contributed by atoms with Crippen LogP contribution in [0, 0.1) is 0 Å². The van der Waals surface area contributed by atoms with Crippen molar-refractivity contribution >= 4 is 13.5 Å². The summed E-state index contributed by atoms with van der Waals surface area (Å²) in [4.78, 5) is 3.40. The van der Waals surface area contributed by atoms with Crippen LogP contribution in [0.15, 0.2) is 48.8 Å². The van der Waals surface area contributed by atoms with Gasteiger partial charge in [-0.15, -0.1) is 0 Å². The number of hydrogen-bond acceptors (Lipinski definition) is 3. The van der Waals surface area contributed by atoms with Crippen molar-refractivity contribution in [2.45, 2.75) is 106 Å². The Kier molecular flexibility index (Phi) is 11.6. The summed E-state index contributed by atoms with van der Waals surface area (Å²) in [5.41, 5.74) is 7.46. The number of hydrogen-bond donors (Lipinski definition) is 0. The van der Waals surface area contributed by atoms with Gasteiger partial charge in [-0.3, -0.25) is 9.80 Å². The molecule has 5 heteroatoms. The van der Waals surface area contributed by atoms with Gasteiger partial charge in [0.25, 0.3) is 0 Å². The number of nitrogens with zero attached hydrogens (tertiary/aromatic N) is 2. The Morgan fingerprint density at radius 3 is 1.17 bits per heavy atom. The summed E-state index contributed by atoms with van der Waals surface area (Å²) in [6, 6.07) is 12.9. The minimum atomic E-state index is -2.04. The average Bonchev–Trinajstić information content (AvgIpc) is 3.09. The van der Waals surface area contributed by atoms with Crippen molar-refractivity contribution in [3.8, 4) is 0 Å². The third kappa shape index (κ3) is 6.28. The zero-order chi connectivity index (χ0) is 25.2. The molecule has 0 atom stereocenters. The molecule has 3 rings (SSSR count). The maximum Gasteiger partial charge on any atom is 0.378 e. The zero-order valence-corrected chi connectivity index (χ0v) is 24.0. The largest absolute Gasteiger partial charge is 0.378 e. The first-order chi connectivity index (χ1) is 16.0. The minimum Gasteiger partial charge on any atom is -0.315 e. The minimum absolute atomic E-state index is 0. The van der Waals surface area contributed by atoms with Crippen LogP contribution in [0.25, 0.3) is 0 Å². The number of rotatable bonds is 9. The van der Waals surface area contributed by atoms with E-state index in [-0.39, 0.29) is 20.9 Å². The fourth-order valence-electron chi connectivity index (χ4n) is 5.16. The van der Waals surface area contributed by atoms with Crippen molar-refractivity contribution in [1.29, 1.82) is 0 Å². The molecule has 0 unspecified atom stereocenters. The SMILES string of the molecule is C.COC1(F)N(Cc2c(C(C)C)cccc2C(C)C)C=CN1Cc1c(C(C)C)cccc1C(C)C.S. The maximum absolute atomic E-state index is 16.6. The predicted molar refractivity (Wildman–Crippen MR) is 157 cm³/mol. The summed E-state index contributed by atoms with van der Waals surface area (Å²) in [6.45, 7) is 18.5. The number of methoxy groups -OCH3 is 1. The van der Waals surface area contributed by atoms with Crippen LogP contribution in [0.5, 0.6) is 0 Å². The van der Waals surface area contributed by atoms with Crippen LogP contribution in [0.2, 0.25) is 0 Å². The molecule has 1 heterocycles. The third-order valence-corrected chi connectivity index (χ3v) is 7.04. The molecule has 0 aliphatic carbocycles. The molecular weight excluding hydrogens is 467 g/mol. The second-order valence-corrected chi connectivity index (χ2v) is 10.7. The van der Waals surface area contributed by atoms with E-state index < -0.39 is 6.10 Å². The second-order valence-electron chi connectivity index (χ2n) is 10.7. The summed E-state index contributed by atoms with van der Waals surface area (Å²) in [7, 11) is 1.46. The van der Waals surface area contributed by atoms with Crippen LogP contribution >= 0.6 is 13.5 Å². The molecule has 0 fully saturated rings.